The van der Waals surface area contributed by atoms with E-state index in [1.54, 1.807) is 0 Å². The Kier molecular flexibility index (Phi) is 4.69. The van der Waals surface area contributed by atoms with E-state index in [0.717, 1.165) is 11.3 Å². The van der Waals surface area contributed by atoms with Crippen LogP contribution in [0.25, 0.3) is 0 Å². The van der Waals surface area contributed by atoms with Crippen molar-refractivity contribution in [2.24, 2.45) is 10.5 Å². The van der Waals surface area contributed by atoms with Crippen LogP contribution in [0.4, 0.5) is 0 Å². The van der Waals surface area contributed by atoms with Crippen LogP contribution in [-0.2, 0) is 4.79 Å². The number of nitrogens with zero attached hydrogens (tertiary/aromatic N) is 2. The van der Waals surface area contributed by atoms with Gasteiger partial charge in [0.05, 0.1) is 23.8 Å². The summed E-state index contributed by atoms with van der Waals surface area (Å²) in [5.74, 6) is -0.0484. The van der Waals surface area contributed by atoms with E-state index in [1.165, 1.54) is 5.01 Å². The van der Waals surface area contributed by atoms with Gasteiger partial charge in [0.2, 0.25) is 5.91 Å². The van der Waals surface area contributed by atoms with Crippen LogP contribution in [0.3, 0.4) is 0 Å². The molecule has 4 nitrogen and oxygen atoms in total. The minimum atomic E-state index is -0.557. The lowest BCUT2D eigenvalue weighted by Crippen LogP contribution is -2.46. The lowest BCUT2D eigenvalue weighted by Gasteiger charge is -2.35. The molecule has 1 amide bonds. The molecule has 0 fully saturated rings. The summed E-state index contributed by atoms with van der Waals surface area (Å²) in [4.78, 5) is 12.4. The second-order valence-electron chi connectivity index (χ2n) is 6.06. The Hall–Kier alpha value is -1.39. The number of hydrazone groups is 1. The fourth-order valence-electron chi connectivity index (χ4n) is 2.32. The highest BCUT2D eigenvalue weighted by Gasteiger charge is 2.38. The third kappa shape index (κ3) is 3.63. The molecule has 1 aromatic carbocycles. The number of rotatable bonds is 4. The highest BCUT2D eigenvalue weighted by Crippen LogP contribution is 2.31. The normalized spacial score (nSPS) is 19.4. The van der Waals surface area contributed by atoms with Crippen molar-refractivity contribution in [2.75, 3.05) is 6.54 Å². The number of carbonyl (C=O) groups is 1. The molecule has 0 saturated heterocycles. The Balaban J connectivity index is 2.33. The van der Waals surface area contributed by atoms with Gasteiger partial charge >= 0.3 is 0 Å². The second kappa shape index (κ2) is 6.16. The Morgan fingerprint density at radius 2 is 2.00 bits per heavy atom. The van der Waals surface area contributed by atoms with Gasteiger partial charge in [-0.3, -0.25) is 4.79 Å². The molecule has 0 aromatic heterocycles. The van der Waals surface area contributed by atoms with Gasteiger partial charge in [-0.1, -0.05) is 44.5 Å². The highest BCUT2D eigenvalue weighted by atomic mass is 35.5. The number of hydrogen-bond donors (Lipinski definition) is 1. The highest BCUT2D eigenvalue weighted by molar-refractivity contribution is 6.30. The predicted octanol–water partition coefficient (Wildman–Crippen LogP) is 3.07. The molecule has 1 atom stereocenters. The molecule has 5 heteroatoms. The zero-order chi connectivity index (χ0) is 15.6. The van der Waals surface area contributed by atoms with E-state index in [2.05, 4.69) is 5.10 Å². The molecule has 0 radical (unpaired) electrons. The first-order valence-corrected chi connectivity index (χ1v) is 7.54. The predicted molar refractivity (Wildman–Crippen MR) is 84.4 cm³/mol. The smallest absolute Gasteiger partial charge is 0.248 e. The molecule has 114 valence electrons. The molecule has 1 aliphatic rings. The first-order valence-electron chi connectivity index (χ1n) is 7.17. The summed E-state index contributed by atoms with van der Waals surface area (Å²) >= 11 is 5.91. The first-order chi connectivity index (χ1) is 9.83. The number of aliphatic hydroxyl groups excluding tert-OH is 1. The quantitative estimate of drug-likeness (QED) is 0.929. The fourth-order valence-corrected chi connectivity index (χ4v) is 2.45. The summed E-state index contributed by atoms with van der Waals surface area (Å²) < 4.78 is 0. The standard InChI is InChI=1S/C16H21ClN2O2/c1-4-13(20)10-19-15(21)16(2,3)9-14(18-19)11-5-7-12(17)8-6-11/h5-8,13,20H,4,9-10H2,1-3H3. The summed E-state index contributed by atoms with van der Waals surface area (Å²) in [7, 11) is 0. The average molecular weight is 309 g/mol. The van der Waals surface area contributed by atoms with Crippen molar-refractivity contribution < 1.29 is 9.90 Å². The molecular weight excluding hydrogens is 288 g/mol. The molecule has 0 spiro atoms. The molecule has 0 aliphatic carbocycles. The second-order valence-corrected chi connectivity index (χ2v) is 6.50. The molecule has 0 bridgehead atoms. The first kappa shape index (κ1) is 16.0. The molecule has 0 saturated carbocycles. The van der Waals surface area contributed by atoms with Crippen LogP contribution in [0.5, 0.6) is 0 Å². The summed E-state index contributed by atoms with van der Waals surface area (Å²) in [6, 6.07) is 7.44. The number of amides is 1. The van der Waals surface area contributed by atoms with Crippen LogP contribution >= 0.6 is 11.6 Å². The molecule has 1 unspecified atom stereocenters. The number of hydrogen-bond acceptors (Lipinski definition) is 3. The van der Waals surface area contributed by atoms with Crippen LogP contribution < -0.4 is 0 Å². The average Bonchev–Trinajstić information content (AvgIpc) is 2.44. The van der Waals surface area contributed by atoms with Gasteiger partial charge in [-0.15, -0.1) is 0 Å². The molecule has 2 rings (SSSR count). The molecule has 21 heavy (non-hydrogen) atoms. The molecular formula is C16H21ClN2O2. The monoisotopic (exact) mass is 308 g/mol. The maximum Gasteiger partial charge on any atom is 0.248 e. The van der Waals surface area contributed by atoms with Gasteiger partial charge in [0.25, 0.3) is 0 Å². The Labute approximate surface area is 130 Å². The summed E-state index contributed by atoms with van der Waals surface area (Å²) in [6.07, 6.45) is 0.611. The maximum atomic E-state index is 12.4. The minimum absolute atomic E-state index is 0.0484. The summed E-state index contributed by atoms with van der Waals surface area (Å²) in [5, 5.41) is 16.3. The van der Waals surface area contributed by atoms with E-state index in [1.807, 2.05) is 45.0 Å². The van der Waals surface area contributed by atoms with Crippen molar-refractivity contribution >= 4 is 23.2 Å². The zero-order valence-electron chi connectivity index (χ0n) is 12.6. The van der Waals surface area contributed by atoms with E-state index < -0.39 is 11.5 Å². The van der Waals surface area contributed by atoms with Crippen LogP contribution in [-0.4, -0.2) is 34.4 Å². The largest absolute Gasteiger partial charge is 0.391 e. The van der Waals surface area contributed by atoms with E-state index in [9.17, 15) is 9.90 Å². The zero-order valence-corrected chi connectivity index (χ0v) is 13.4. The van der Waals surface area contributed by atoms with Gasteiger partial charge in [-0.05, 0) is 24.1 Å². The maximum absolute atomic E-state index is 12.4. The molecule has 1 heterocycles. The van der Waals surface area contributed by atoms with E-state index in [-0.39, 0.29) is 12.5 Å². The Morgan fingerprint density at radius 3 is 2.57 bits per heavy atom. The SMILES string of the molecule is CCC(O)CN1N=C(c2ccc(Cl)cc2)CC(C)(C)C1=O. The van der Waals surface area contributed by atoms with Crippen LogP contribution in [0.15, 0.2) is 29.4 Å². The van der Waals surface area contributed by atoms with E-state index in [0.29, 0.717) is 17.9 Å². The van der Waals surface area contributed by atoms with E-state index in [4.69, 9.17) is 11.6 Å². The van der Waals surface area contributed by atoms with Gasteiger partial charge in [-0.25, -0.2) is 5.01 Å². The lowest BCUT2D eigenvalue weighted by molar-refractivity contribution is -0.142. The minimum Gasteiger partial charge on any atom is -0.391 e. The van der Waals surface area contributed by atoms with Crippen molar-refractivity contribution in [1.82, 2.24) is 5.01 Å². The van der Waals surface area contributed by atoms with Crippen LogP contribution in [0.2, 0.25) is 5.02 Å². The number of aliphatic hydroxyl groups is 1. The molecule has 1 N–H and O–H groups in total. The third-order valence-electron chi connectivity index (χ3n) is 3.70. The topological polar surface area (TPSA) is 52.9 Å². The van der Waals surface area contributed by atoms with Crippen molar-refractivity contribution in [3.63, 3.8) is 0 Å². The van der Waals surface area contributed by atoms with Crippen molar-refractivity contribution in [3.8, 4) is 0 Å². The van der Waals surface area contributed by atoms with Gasteiger partial charge in [-0.2, -0.15) is 5.10 Å². The fraction of sp³-hybridized carbons (Fsp3) is 0.500. The Bertz CT molecular complexity index is 552. The van der Waals surface area contributed by atoms with Crippen LogP contribution in [0, 0.1) is 5.41 Å². The lowest BCUT2D eigenvalue weighted by atomic mass is 9.82. The van der Waals surface area contributed by atoms with Crippen LogP contribution in [0.1, 0.15) is 39.2 Å². The Morgan fingerprint density at radius 1 is 1.38 bits per heavy atom. The summed E-state index contributed by atoms with van der Waals surface area (Å²) in [5.41, 5.74) is 1.28. The molecule has 1 aliphatic heterocycles. The summed E-state index contributed by atoms with van der Waals surface area (Å²) in [6.45, 7) is 5.93. The van der Waals surface area contributed by atoms with Gasteiger partial charge in [0.15, 0.2) is 0 Å². The molecule has 1 aromatic rings. The number of β-amino-alcohol motifs (C(OH)–C–C–N with tert-alkyl or cyclic N) is 1. The number of benzene rings is 1. The van der Waals surface area contributed by atoms with Crippen molar-refractivity contribution in [1.29, 1.82) is 0 Å². The van der Waals surface area contributed by atoms with Crippen molar-refractivity contribution in [3.05, 3.63) is 34.9 Å². The number of halogens is 1. The van der Waals surface area contributed by atoms with Gasteiger partial charge < -0.3 is 5.11 Å². The number of carbonyl (C=O) groups excluding carboxylic acids is 1. The third-order valence-corrected chi connectivity index (χ3v) is 3.95. The van der Waals surface area contributed by atoms with E-state index >= 15 is 0 Å². The van der Waals surface area contributed by atoms with Gasteiger partial charge in [0, 0.05) is 11.4 Å². The van der Waals surface area contributed by atoms with Crippen molar-refractivity contribution in [2.45, 2.75) is 39.7 Å². The van der Waals surface area contributed by atoms with Gasteiger partial charge in [0.1, 0.15) is 0 Å².